The van der Waals surface area contributed by atoms with E-state index < -0.39 is 5.60 Å². The highest BCUT2D eigenvalue weighted by atomic mass is 16.5. The summed E-state index contributed by atoms with van der Waals surface area (Å²) in [6.45, 7) is 7.44. The molecule has 1 N–H and O–H groups in total. The van der Waals surface area contributed by atoms with E-state index in [0.717, 1.165) is 37.7 Å². The Morgan fingerprint density at radius 1 is 1.17 bits per heavy atom. The van der Waals surface area contributed by atoms with Crippen LogP contribution in [0.5, 0.6) is 0 Å². The normalized spacial score (nSPS) is 31.5. The Bertz CT molecular complexity index is 225. The summed E-state index contributed by atoms with van der Waals surface area (Å²) in [5.41, 5.74) is -0.474. The van der Waals surface area contributed by atoms with E-state index in [1.165, 1.54) is 25.7 Å². The zero-order valence-electron chi connectivity index (χ0n) is 12.7. The van der Waals surface area contributed by atoms with Gasteiger partial charge < -0.3 is 9.84 Å². The summed E-state index contributed by atoms with van der Waals surface area (Å²) in [6.07, 6.45) is 8.10. The number of hydrogen-bond donors (Lipinski definition) is 1. The van der Waals surface area contributed by atoms with E-state index in [4.69, 9.17) is 4.74 Å². The molecule has 4 unspecified atom stereocenters. The highest BCUT2D eigenvalue weighted by Gasteiger charge is 2.42. The van der Waals surface area contributed by atoms with Crippen molar-refractivity contribution in [1.29, 1.82) is 0 Å². The number of methoxy groups -OCH3 is 1. The minimum absolute atomic E-state index is 0.474. The van der Waals surface area contributed by atoms with Crippen molar-refractivity contribution in [3.05, 3.63) is 0 Å². The zero-order chi connectivity index (χ0) is 13.6. The van der Waals surface area contributed by atoms with Gasteiger partial charge in [-0.2, -0.15) is 0 Å². The van der Waals surface area contributed by atoms with Gasteiger partial charge in [-0.15, -0.1) is 0 Å². The van der Waals surface area contributed by atoms with Crippen LogP contribution in [0.15, 0.2) is 0 Å². The molecular formula is C16H32O2. The summed E-state index contributed by atoms with van der Waals surface area (Å²) in [6, 6.07) is 0. The summed E-state index contributed by atoms with van der Waals surface area (Å²) >= 11 is 0. The number of hydrogen-bond acceptors (Lipinski definition) is 2. The quantitative estimate of drug-likeness (QED) is 0.665. The summed E-state index contributed by atoms with van der Waals surface area (Å²) in [4.78, 5) is 0. The molecule has 0 aromatic rings. The lowest BCUT2D eigenvalue weighted by molar-refractivity contribution is -0.0286. The second-order valence-electron chi connectivity index (χ2n) is 6.33. The summed E-state index contributed by atoms with van der Waals surface area (Å²) in [7, 11) is 1.74. The fourth-order valence-electron chi connectivity index (χ4n) is 3.70. The number of ether oxygens (including phenoxy) is 1. The SMILES string of the molecule is CCC1CC(CC)C(C(C)(O)CCCCOC)C1. The predicted molar refractivity (Wildman–Crippen MR) is 76.6 cm³/mol. The molecule has 108 valence electrons. The molecule has 0 heterocycles. The number of rotatable bonds is 8. The standard InChI is InChI=1S/C16H32O2/c1-5-13-11-14(6-2)15(12-13)16(3,17)9-7-8-10-18-4/h13-15,17H,5-12H2,1-4H3. The van der Waals surface area contributed by atoms with Crippen LogP contribution in [-0.4, -0.2) is 24.4 Å². The Labute approximate surface area is 113 Å². The molecule has 0 bridgehead atoms. The topological polar surface area (TPSA) is 29.5 Å². The molecule has 0 radical (unpaired) electrons. The highest BCUT2D eigenvalue weighted by molar-refractivity contribution is 4.93. The molecule has 1 rings (SSSR count). The van der Waals surface area contributed by atoms with Crippen LogP contribution in [0, 0.1) is 17.8 Å². The fraction of sp³-hybridized carbons (Fsp3) is 1.00. The Morgan fingerprint density at radius 2 is 1.89 bits per heavy atom. The van der Waals surface area contributed by atoms with Crippen LogP contribution in [0.4, 0.5) is 0 Å². The molecular weight excluding hydrogens is 224 g/mol. The molecule has 0 amide bonds. The first kappa shape index (κ1) is 16.0. The molecule has 0 aromatic carbocycles. The molecule has 2 heteroatoms. The van der Waals surface area contributed by atoms with E-state index in [9.17, 15) is 5.11 Å². The van der Waals surface area contributed by atoms with Crippen molar-refractivity contribution in [2.45, 2.75) is 71.3 Å². The predicted octanol–water partition coefficient (Wildman–Crippen LogP) is 4.02. The van der Waals surface area contributed by atoms with E-state index in [0.29, 0.717) is 5.92 Å². The lowest BCUT2D eigenvalue weighted by Gasteiger charge is -2.34. The first-order valence-corrected chi connectivity index (χ1v) is 7.76. The molecule has 0 aliphatic heterocycles. The van der Waals surface area contributed by atoms with Crippen molar-refractivity contribution >= 4 is 0 Å². The molecule has 0 aromatic heterocycles. The van der Waals surface area contributed by atoms with Crippen molar-refractivity contribution in [3.8, 4) is 0 Å². The van der Waals surface area contributed by atoms with Crippen LogP contribution >= 0.6 is 0 Å². The third-order valence-corrected chi connectivity index (χ3v) is 4.97. The van der Waals surface area contributed by atoms with E-state index in [2.05, 4.69) is 20.8 Å². The van der Waals surface area contributed by atoms with Crippen LogP contribution in [0.3, 0.4) is 0 Å². The van der Waals surface area contributed by atoms with Crippen LogP contribution in [0.1, 0.15) is 65.7 Å². The van der Waals surface area contributed by atoms with Gasteiger partial charge in [-0.05, 0) is 56.8 Å². The van der Waals surface area contributed by atoms with Crippen molar-refractivity contribution in [2.75, 3.05) is 13.7 Å². The molecule has 2 nitrogen and oxygen atoms in total. The van der Waals surface area contributed by atoms with E-state index >= 15 is 0 Å². The van der Waals surface area contributed by atoms with Gasteiger partial charge in [0, 0.05) is 13.7 Å². The van der Waals surface area contributed by atoms with Gasteiger partial charge in [0.2, 0.25) is 0 Å². The van der Waals surface area contributed by atoms with Gasteiger partial charge in [-0.1, -0.05) is 26.7 Å². The van der Waals surface area contributed by atoms with Gasteiger partial charge in [0.25, 0.3) is 0 Å². The zero-order valence-corrected chi connectivity index (χ0v) is 12.7. The second-order valence-corrected chi connectivity index (χ2v) is 6.33. The van der Waals surface area contributed by atoms with Crippen LogP contribution in [-0.2, 0) is 4.74 Å². The van der Waals surface area contributed by atoms with E-state index in [-0.39, 0.29) is 0 Å². The van der Waals surface area contributed by atoms with Crippen LogP contribution in [0.25, 0.3) is 0 Å². The average Bonchev–Trinajstić information content (AvgIpc) is 2.79. The van der Waals surface area contributed by atoms with E-state index in [1.54, 1.807) is 7.11 Å². The summed E-state index contributed by atoms with van der Waals surface area (Å²) in [5, 5.41) is 10.8. The van der Waals surface area contributed by atoms with Crippen LogP contribution in [0.2, 0.25) is 0 Å². The average molecular weight is 256 g/mol. The lowest BCUT2D eigenvalue weighted by Crippen LogP contribution is -2.36. The van der Waals surface area contributed by atoms with Gasteiger partial charge >= 0.3 is 0 Å². The van der Waals surface area contributed by atoms with Crippen molar-refractivity contribution in [1.82, 2.24) is 0 Å². The molecule has 1 aliphatic carbocycles. The highest BCUT2D eigenvalue weighted by Crippen LogP contribution is 2.46. The largest absolute Gasteiger partial charge is 0.390 e. The Kier molecular flexibility index (Phi) is 6.65. The van der Waals surface area contributed by atoms with Crippen molar-refractivity contribution < 1.29 is 9.84 Å². The number of unbranched alkanes of at least 4 members (excludes halogenated alkanes) is 1. The second kappa shape index (κ2) is 7.49. The number of aliphatic hydroxyl groups is 1. The smallest absolute Gasteiger partial charge is 0.0650 e. The molecule has 0 spiro atoms. The first-order chi connectivity index (χ1) is 8.55. The van der Waals surface area contributed by atoms with Gasteiger partial charge in [0.1, 0.15) is 0 Å². The molecule has 1 fully saturated rings. The fourth-order valence-corrected chi connectivity index (χ4v) is 3.70. The molecule has 4 atom stereocenters. The monoisotopic (exact) mass is 256 g/mol. The molecule has 0 saturated heterocycles. The summed E-state index contributed by atoms with van der Waals surface area (Å²) in [5.74, 6) is 2.08. The van der Waals surface area contributed by atoms with E-state index in [1.807, 2.05) is 0 Å². The van der Waals surface area contributed by atoms with Gasteiger partial charge in [0.15, 0.2) is 0 Å². The Morgan fingerprint density at radius 3 is 2.44 bits per heavy atom. The molecule has 18 heavy (non-hydrogen) atoms. The van der Waals surface area contributed by atoms with Gasteiger partial charge in [-0.3, -0.25) is 0 Å². The first-order valence-electron chi connectivity index (χ1n) is 7.76. The maximum Gasteiger partial charge on any atom is 0.0650 e. The maximum absolute atomic E-state index is 10.8. The molecule has 1 saturated carbocycles. The minimum atomic E-state index is -0.474. The lowest BCUT2D eigenvalue weighted by atomic mass is 9.77. The molecule has 1 aliphatic rings. The van der Waals surface area contributed by atoms with Crippen LogP contribution < -0.4 is 0 Å². The third kappa shape index (κ3) is 4.24. The van der Waals surface area contributed by atoms with Gasteiger partial charge in [-0.25, -0.2) is 0 Å². The minimum Gasteiger partial charge on any atom is -0.390 e. The van der Waals surface area contributed by atoms with Gasteiger partial charge in [0.05, 0.1) is 5.60 Å². The Hall–Kier alpha value is -0.0800. The van der Waals surface area contributed by atoms with Crippen molar-refractivity contribution in [3.63, 3.8) is 0 Å². The maximum atomic E-state index is 10.8. The van der Waals surface area contributed by atoms with Crippen molar-refractivity contribution in [2.24, 2.45) is 17.8 Å². The third-order valence-electron chi connectivity index (χ3n) is 4.97. The summed E-state index contributed by atoms with van der Waals surface area (Å²) < 4.78 is 5.08. The Balaban J connectivity index is 2.48.